The molecule has 1 aliphatic rings. The molecular formula is C10H7BrCl3NO. The molecule has 1 atom stereocenters. The SMILES string of the molecule is O=C1CC(Cl)CN1c1cc(Cl)c(Br)c(Cl)c1. The smallest absolute Gasteiger partial charge is 0.228 e. The van der Waals surface area contributed by atoms with Crippen LogP contribution in [0.15, 0.2) is 16.6 Å². The van der Waals surface area contributed by atoms with Crippen molar-refractivity contribution in [2.75, 3.05) is 11.4 Å². The van der Waals surface area contributed by atoms with E-state index in [0.717, 1.165) is 0 Å². The summed E-state index contributed by atoms with van der Waals surface area (Å²) in [5, 5.41) is 0.815. The van der Waals surface area contributed by atoms with E-state index in [9.17, 15) is 4.79 Å². The van der Waals surface area contributed by atoms with E-state index in [1.807, 2.05) is 0 Å². The van der Waals surface area contributed by atoms with Crippen molar-refractivity contribution in [3.8, 4) is 0 Å². The van der Waals surface area contributed by atoms with Gasteiger partial charge in [0.25, 0.3) is 0 Å². The van der Waals surface area contributed by atoms with Crippen LogP contribution in [0.4, 0.5) is 5.69 Å². The van der Waals surface area contributed by atoms with Gasteiger partial charge in [0, 0.05) is 18.7 Å². The summed E-state index contributed by atoms with van der Waals surface area (Å²) in [7, 11) is 0. The van der Waals surface area contributed by atoms with Gasteiger partial charge in [-0.25, -0.2) is 0 Å². The van der Waals surface area contributed by atoms with E-state index in [-0.39, 0.29) is 11.3 Å². The molecule has 0 radical (unpaired) electrons. The van der Waals surface area contributed by atoms with Crippen LogP contribution in [0.2, 0.25) is 10.0 Å². The fraction of sp³-hybridized carbons (Fsp3) is 0.300. The highest BCUT2D eigenvalue weighted by Crippen LogP contribution is 2.36. The maximum absolute atomic E-state index is 11.6. The molecule has 1 fully saturated rings. The van der Waals surface area contributed by atoms with E-state index in [2.05, 4.69) is 15.9 Å². The van der Waals surface area contributed by atoms with Gasteiger partial charge in [0.15, 0.2) is 0 Å². The minimum absolute atomic E-state index is 0.00513. The van der Waals surface area contributed by atoms with Crippen molar-refractivity contribution in [3.05, 3.63) is 26.7 Å². The molecule has 1 aliphatic heterocycles. The van der Waals surface area contributed by atoms with E-state index in [0.29, 0.717) is 33.2 Å². The third-order valence-electron chi connectivity index (χ3n) is 2.36. The fourth-order valence-electron chi connectivity index (χ4n) is 1.61. The fourth-order valence-corrected chi connectivity index (χ4v) is 2.59. The summed E-state index contributed by atoms with van der Waals surface area (Å²) in [5.41, 5.74) is 0.686. The quantitative estimate of drug-likeness (QED) is 0.555. The zero-order chi connectivity index (χ0) is 11.9. The second-order valence-electron chi connectivity index (χ2n) is 3.53. The maximum Gasteiger partial charge on any atom is 0.228 e. The highest BCUT2D eigenvalue weighted by molar-refractivity contribution is 9.10. The Kier molecular flexibility index (Phi) is 3.69. The Morgan fingerprint density at radius 2 is 1.88 bits per heavy atom. The summed E-state index contributed by atoms with van der Waals surface area (Å²) in [6.07, 6.45) is 0.354. The van der Waals surface area contributed by atoms with Gasteiger partial charge in [-0.1, -0.05) is 23.2 Å². The number of halogens is 4. The van der Waals surface area contributed by atoms with Gasteiger partial charge in [0.1, 0.15) is 0 Å². The highest BCUT2D eigenvalue weighted by atomic mass is 79.9. The van der Waals surface area contributed by atoms with Gasteiger partial charge in [-0.15, -0.1) is 11.6 Å². The van der Waals surface area contributed by atoms with Gasteiger partial charge in [0.05, 0.1) is 19.9 Å². The van der Waals surface area contributed by atoms with Crippen LogP contribution in [-0.2, 0) is 4.79 Å². The molecule has 1 aromatic rings. The van der Waals surface area contributed by atoms with Gasteiger partial charge in [-0.05, 0) is 28.1 Å². The molecule has 1 heterocycles. The lowest BCUT2D eigenvalue weighted by atomic mass is 10.3. The Morgan fingerprint density at radius 3 is 2.31 bits per heavy atom. The van der Waals surface area contributed by atoms with Crippen molar-refractivity contribution >= 4 is 62.3 Å². The maximum atomic E-state index is 11.6. The van der Waals surface area contributed by atoms with E-state index in [1.54, 1.807) is 17.0 Å². The Hall–Kier alpha value is 0.0400. The van der Waals surface area contributed by atoms with Crippen molar-refractivity contribution in [2.24, 2.45) is 0 Å². The monoisotopic (exact) mass is 341 g/mol. The van der Waals surface area contributed by atoms with Crippen LogP contribution < -0.4 is 4.90 Å². The van der Waals surface area contributed by atoms with Crippen LogP contribution in [0, 0.1) is 0 Å². The number of anilines is 1. The molecule has 86 valence electrons. The van der Waals surface area contributed by atoms with Crippen LogP contribution >= 0.6 is 50.7 Å². The summed E-state index contributed by atoms with van der Waals surface area (Å²) in [6, 6.07) is 3.40. The Morgan fingerprint density at radius 1 is 1.31 bits per heavy atom. The predicted molar refractivity (Wildman–Crippen MR) is 70.8 cm³/mol. The lowest BCUT2D eigenvalue weighted by Crippen LogP contribution is -2.24. The summed E-state index contributed by atoms with van der Waals surface area (Å²) < 4.78 is 0.633. The zero-order valence-electron chi connectivity index (χ0n) is 8.01. The molecule has 16 heavy (non-hydrogen) atoms. The lowest BCUT2D eigenvalue weighted by Gasteiger charge is -2.17. The standard InChI is InChI=1S/C10H7BrCl3NO/c11-10-7(13)2-6(3-8(10)14)15-4-5(12)1-9(15)16/h2-3,5H,1,4H2. The number of hydrogen-bond acceptors (Lipinski definition) is 1. The van der Waals surface area contributed by atoms with Crippen LogP contribution in [0.3, 0.4) is 0 Å². The van der Waals surface area contributed by atoms with Crippen molar-refractivity contribution in [2.45, 2.75) is 11.8 Å². The second kappa shape index (κ2) is 4.73. The third kappa shape index (κ3) is 2.33. The summed E-state index contributed by atoms with van der Waals surface area (Å²) in [5.74, 6) is -0.00513. The first kappa shape index (κ1) is 12.5. The molecule has 1 unspecified atom stereocenters. The molecule has 0 bridgehead atoms. The number of nitrogens with zero attached hydrogens (tertiary/aromatic N) is 1. The van der Waals surface area contributed by atoms with E-state index < -0.39 is 0 Å². The van der Waals surface area contributed by atoms with Crippen LogP contribution in [0.5, 0.6) is 0 Å². The minimum Gasteiger partial charge on any atom is -0.311 e. The molecule has 0 N–H and O–H groups in total. The molecule has 1 aromatic carbocycles. The van der Waals surface area contributed by atoms with E-state index >= 15 is 0 Å². The van der Waals surface area contributed by atoms with E-state index in [1.165, 1.54) is 0 Å². The molecule has 2 nitrogen and oxygen atoms in total. The number of hydrogen-bond donors (Lipinski definition) is 0. The van der Waals surface area contributed by atoms with Crippen LogP contribution in [0.1, 0.15) is 6.42 Å². The first-order valence-electron chi connectivity index (χ1n) is 4.58. The van der Waals surface area contributed by atoms with Gasteiger partial charge in [0.2, 0.25) is 5.91 Å². The average molecular weight is 343 g/mol. The molecular weight excluding hydrogens is 336 g/mol. The highest BCUT2D eigenvalue weighted by Gasteiger charge is 2.29. The van der Waals surface area contributed by atoms with Crippen LogP contribution in [0.25, 0.3) is 0 Å². The Balaban J connectivity index is 2.38. The first-order chi connectivity index (χ1) is 7.49. The third-order valence-corrected chi connectivity index (χ3v) is 4.56. The Bertz CT molecular complexity index is 429. The molecule has 1 saturated heterocycles. The lowest BCUT2D eigenvalue weighted by molar-refractivity contribution is -0.117. The largest absolute Gasteiger partial charge is 0.311 e. The number of amides is 1. The first-order valence-corrected chi connectivity index (χ1v) is 6.56. The number of benzene rings is 1. The molecule has 6 heteroatoms. The van der Waals surface area contributed by atoms with Crippen molar-refractivity contribution in [3.63, 3.8) is 0 Å². The predicted octanol–water partition coefficient (Wildman–Crippen LogP) is 4.10. The number of carbonyl (C=O) groups is 1. The van der Waals surface area contributed by atoms with Crippen molar-refractivity contribution in [1.82, 2.24) is 0 Å². The van der Waals surface area contributed by atoms with Gasteiger partial charge in [-0.2, -0.15) is 0 Å². The summed E-state index contributed by atoms with van der Waals surface area (Å²) in [6.45, 7) is 0.495. The molecule has 2 rings (SSSR count). The number of rotatable bonds is 1. The average Bonchev–Trinajstić information content (AvgIpc) is 2.53. The van der Waals surface area contributed by atoms with E-state index in [4.69, 9.17) is 34.8 Å². The van der Waals surface area contributed by atoms with Gasteiger partial charge < -0.3 is 4.90 Å². The Labute approximate surface area is 117 Å². The molecule has 1 amide bonds. The summed E-state index contributed by atoms with van der Waals surface area (Å²) >= 11 is 21.1. The molecule has 0 saturated carbocycles. The van der Waals surface area contributed by atoms with Crippen molar-refractivity contribution in [1.29, 1.82) is 0 Å². The van der Waals surface area contributed by atoms with Crippen molar-refractivity contribution < 1.29 is 4.79 Å². The normalized spacial score (nSPS) is 20.6. The zero-order valence-corrected chi connectivity index (χ0v) is 11.9. The van der Waals surface area contributed by atoms with Crippen LogP contribution in [-0.4, -0.2) is 17.8 Å². The van der Waals surface area contributed by atoms with Gasteiger partial charge in [-0.3, -0.25) is 4.79 Å². The summed E-state index contributed by atoms with van der Waals surface area (Å²) in [4.78, 5) is 13.2. The molecule has 0 spiro atoms. The second-order valence-corrected chi connectivity index (χ2v) is 5.75. The van der Waals surface area contributed by atoms with Gasteiger partial charge >= 0.3 is 0 Å². The molecule has 0 aliphatic carbocycles. The topological polar surface area (TPSA) is 20.3 Å². The number of carbonyl (C=O) groups excluding carboxylic acids is 1. The minimum atomic E-state index is -0.145. The number of alkyl halides is 1. The molecule has 0 aromatic heterocycles.